The van der Waals surface area contributed by atoms with E-state index in [1.54, 1.807) is 24.3 Å². The van der Waals surface area contributed by atoms with Crippen LogP contribution >= 0.6 is 8.03 Å². The van der Waals surface area contributed by atoms with Crippen molar-refractivity contribution in [1.82, 2.24) is 4.90 Å². The maximum absolute atomic E-state index is 10.3. The third kappa shape index (κ3) is 7.69. The highest BCUT2D eigenvalue weighted by atomic mass is 31.1. The summed E-state index contributed by atoms with van der Waals surface area (Å²) in [7, 11) is -2.15. The first kappa shape index (κ1) is 17.7. The number of nitrogens with zero attached hydrogens (tertiary/aromatic N) is 2. The van der Waals surface area contributed by atoms with E-state index in [-0.39, 0.29) is 0 Å². The fourth-order valence-electron chi connectivity index (χ4n) is 1.60. The molecule has 1 aromatic rings. The van der Waals surface area contributed by atoms with Gasteiger partial charge >= 0.3 is 8.03 Å². The van der Waals surface area contributed by atoms with Gasteiger partial charge in [0.05, 0.1) is 12.6 Å². The zero-order valence-corrected chi connectivity index (χ0v) is 12.8. The van der Waals surface area contributed by atoms with Crippen molar-refractivity contribution in [3.05, 3.63) is 30.3 Å². The Bertz CT molecular complexity index is 405. The van der Waals surface area contributed by atoms with Crippen LogP contribution in [0.3, 0.4) is 0 Å². The van der Waals surface area contributed by atoms with Gasteiger partial charge in [0.25, 0.3) is 0 Å². The molecule has 0 spiro atoms. The van der Waals surface area contributed by atoms with Crippen molar-refractivity contribution in [3.63, 3.8) is 0 Å². The molecule has 0 saturated carbocycles. The maximum Gasteiger partial charge on any atom is 0.546 e. The van der Waals surface area contributed by atoms with Crippen LogP contribution in [0.5, 0.6) is 0 Å². The highest BCUT2D eigenvalue weighted by molar-refractivity contribution is 7.47. The van der Waals surface area contributed by atoms with Gasteiger partial charge in [-0.05, 0) is 44.4 Å². The molecule has 1 atom stereocenters. The van der Waals surface area contributed by atoms with E-state index in [0.29, 0.717) is 23.9 Å². The second-order valence-electron chi connectivity index (χ2n) is 4.63. The summed E-state index contributed by atoms with van der Waals surface area (Å²) in [4.78, 5) is 10.7. The molecule has 0 amide bonds. The number of hydrogen-bond donors (Lipinski definition) is 1. The van der Waals surface area contributed by atoms with E-state index in [4.69, 9.17) is 10.2 Å². The monoisotopic (exact) mass is 281 g/mol. The minimum Gasteiger partial charge on any atom is -0.286 e. The lowest BCUT2D eigenvalue weighted by Gasteiger charge is -2.27. The molecule has 0 saturated heterocycles. The molecule has 19 heavy (non-hydrogen) atoms. The Morgan fingerprint density at radius 1 is 1.21 bits per heavy atom. The van der Waals surface area contributed by atoms with Gasteiger partial charge < -0.3 is 0 Å². The van der Waals surface area contributed by atoms with Crippen LogP contribution in [0.1, 0.15) is 27.7 Å². The molecule has 0 heterocycles. The van der Waals surface area contributed by atoms with Crippen LogP contribution in [0, 0.1) is 11.3 Å². The van der Waals surface area contributed by atoms with E-state index in [1.807, 2.05) is 6.07 Å². The molecule has 1 N–H and O–H groups in total. The first-order chi connectivity index (χ1) is 8.90. The van der Waals surface area contributed by atoms with Gasteiger partial charge in [0.15, 0.2) is 0 Å². The van der Waals surface area contributed by atoms with Crippen LogP contribution in [0.25, 0.3) is 0 Å². The molecule has 0 aliphatic heterocycles. The Hall–Kier alpha value is -1.27. The molecule has 5 heteroatoms. The average Bonchev–Trinajstić information content (AvgIpc) is 2.37. The standard InChI is InChI=1S/C8H16N2.C6H5O2P/c1-7(2)10(6-5-9)8(3)4;7-9(8)6-4-2-1-3-5-6/h7-8H,6H2,1-4H3;1-5H/p+1. The zero-order chi connectivity index (χ0) is 14.8. The summed E-state index contributed by atoms with van der Waals surface area (Å²) in [5.74, 6) is 0. The van der Waals surface area contributed by atoms with Gasteiger partial charge in [0.2, 0.25) is 5.30 Å². The fraction of sp³-hybridized carbons (Fsp3) is 0.500. The molecule has 1 aromatic carbocycles. The van der Waals surface area contributed by atoms with Crippen molar-refractivity contribution in [2.45, 2.75) is 39.8 Å². The first-order valence-electron chi connectivity index (χ1n) is 6.24. The topological polar surface area (TPSA) is 64.3 Å². The number of rotatable bonds is 4. The van der Waals surface area contributed by atoms with E-state index in [9.17, 15) is 4.57 Å². The molecule has 104 valence electrons. The van der Waals surface area contributed by atoms with Crippen LogP contribution in [0.4, 0.5) is 0 Å². The van der Waals surface area contributed by atoms with Gasteiger partial charge in [-0.2, -0.15) is 10.2 Å². The van der Waals surface area contributed by atoms with Gasteiger partial charge in [0, 0.05) is 12.1 Å². The minimum atomic E-state index is -2.15. The van der Waals surface area contributed by atoms with Crippen LogP contribution in [0.2, 0.25) is 0 Å². The molecule has 0 bridgehead atoms. The SMILES string of the molecule is CC(C)N(CC#N)C(C)C.O=[P+](O)c1ccccc1. The molecule has 0 aromatic heterocycles. The second kappa shape index (κ2) is 9.63. The molecular weight excluding hydrogens is 259 g/mol. The lowest BCUT2D eigenvalue weighted by atomic mass is 10.2. The smallest absolute Gasteiger partial charge is 0.286 e. The predicted octanol–water partition coefficient (Wildman–Crippen LogP) is 2.68. The highest BCUT2D eigenvalue weighted by Gasteiger charge is 2.13. The first-order valence-corrected chi connectivity index (χ1v) is 7.45. The Kier molecular flexibility index (Phi) is 8.99. The summed E-state index contributed by atoms with van der Waals surface area (Å²) in [6.07, 6.45) is 0. The zero-order valence-electron chi connectivity index (χ0n) is 11.9. The Morgan fingerprint density at radius 3 is 1.89 bits per heavy atom. The number of benzene rings is 1. The maximum atomic E-state index is 10.3. The van der Waals surface area contributed by atoms with E-state index in [1.165, 1.54) is 0 Å². The minimum absolute atomic E-state index is 0.472. The van der Waals surface area contributed by atoms with Crippen molar-refractivity contribution in [2.75, 3.05) is 6.54 Å². The van der Waals surface area contributed by atoms with Gasteiger partial charge in [-0.3, -0.25) is 4.90 Å². The molecule has 0 aliphatic carbocycles. The molecule has 0 aliphatic rings. The molecular formula is C14H22N2O2P+. The number of nitriles is 1. The van der Waals surface area contributed by atoms with Crippen molar-refractivity contribution < 1.29 is 9.46 Å². The van der Waals surface area contributed by atoms with Gasteiger partial charge in [-0.15, -0.1) is 0 Å². The molecule has 1 unspecified atom stereocenters. The fourth-order valence-corrected chi connectivity index (χ4v) is 2.03. The number of hydrogen-bond acceptors (Lipinski definition) is 3. The van der Waals surface area contributed by atoms with Gasteiger partial charge in [0.1, 0.15) is 0 Å². The highest BCUT2D eigenvalue weighted by Crippen LogP contribution is 2.10. The van der Waals surface area contributed by atoms with Crippen molar-refractivity contribution >= 4 is 13.3 Å². The van der Waals surface area contributed by atoms with E-state index < -0.39 is 8.03 Å². The van der Waals surface area contributed by atoms with E-state index >= 15 is 0 Å². The average molecular weight is 281 g/mol. The van der Waals surface area contributed by atoms with Crippen LogP contribution in [0.15, 0.2) is 30.3 Å². The largest absolute Gasteiger partial charge is 0.546 e. The summed E-state index contributed by atoms with van der Waals surface area (Å²) in [5.41, 5.74) is 0. The van der Waals surface area contributed by atoms with Gasteiger partial charge in [-0.25, -0.2) is 0 Å². The lowest BCUT2D eigenvalue weighted by Crippen LogP contribution is -2.37. The van der Waals surface area contributed by atoms with E-state index in [0.717, 1.165) is 0 Å². The van der Waals surface area contributed by atoms with Crippen molar-refractivity contribution in [1.29, 1.82) is 5.26 Å². The Labute approximate surface area is 116 Å². The summed E-state index contributed by atoms with van der Waals surface area (Å²) >= 11 is 0. The van der Waals surface area contributed by atoms with Crippen molar-refractivity contribution in [3.8, 4) is 6.07 Å². The Balaban J connectivity index is 0.000000342. The summed E-state index contributed by atoms with van der Waals surface area (Å²) in [6, 6.07) is 11.6. The molecule has 0 radical (unpaired) electrons. The summed E-state index contributed by atoms with van der Waals surface area (Å²) in [6.45, 7) is 8.97. The summed E-state index contributed by atoms with van der Waals surface area (Å²) in [5, 5.41) is 8.92. The lowest BCUT2D eigenvalue weighted by molar-refractivity contribution is 0.199. The van der Waals surface area contributed by atoms with Crippen LogP contribution in [-0.4, -0.2) is 28.4 Å². The van der Waals surface area contributed by atoms with Gasteiger partial charge in [-0.1, -0.05) is 18.2 Å². The van der Waals surface area contributed by atoms with E-state index in [2.05, 4.69) is 38.7 Å². The molecule has 1 rings (SSSR count). The Morgan fingerprint density at radius 2 is 1.68 bits per heavy atom. The normalized spacial score (nSPS) is 11.0. The predicted molar refractivity (Wildman–Crippen MR) is 78.5 cm³/mol. The van der Waals surface area contributed by atoms with Crippen LogP contribution < -0.4 is 5.30 Å². The second-order valence-corrected chi connectivity index (χ2v) is 5.69. The third-order valence-electron chi connectivity index (χ3n) is 2.56. The van der Waals surface area contributed by atoms with Crippen LogP contribution in [-0.2, 0) is 4.57 Å². The summed E-state index contributed by atoms with van der Waals surface area (Å²) < 4.78 is 10.3. The third-order valence-corrected chi connectivity index (χ3v) is 3.30. The molecule has 4 nitrogen and oxygen atoms in total. The molecule has 0 fully saturated rings. The van der Waals surface area contributed by atoms with Crippen molar-refractivity contribution in [2.24, 2.45) is 0 Å². The quantitative estimate of drug-likeness (QED) is 0.680.